The zero-order chi connectivity index (χ0) is 36.3. The molecule has 268 valence electrons. The molecule has 0 rings (SSSR count). The summed E-state index contributed by atoms with van der Waals surface area (Å²) in [7, 11) is 0. The molecule has 0 aromatic heterocycles. The maximum atomic E-state index is 5.53. The van der Waals surface area contributed by atoms with E-state index in [2.05, 4.69) is 125 Å². The van der Waals surface area contributed by atoms with E-state index in [4.69, 9.17) is 36.2 Å². The van der Waals surface area contributed by atoms with Gasteiger partial charge >= 0.3 is 341 Å². The van der Waals surface area contributed by atoms with Gasteiger partial charge in [0.1, 0.15) is 0 Å². The van der Waals surface area contributed by atoms with Gasteiger partial charge in [0.15, 0.2) is 0 Å². The third-order valence-corrected chi connectivity index (χ3v) is 16.8. The molecular weight excluding hydrogens is 1300 g/mol. The van der Waals surface area contributed by atoms with Gasteiger partial charge in [-0.3, -0.25) is 0 Å². The summed E-state index contributed by atoms with van der Waals surface area (Å²) in [6.07, 6.45) is 1.59. The second-order valence-electron chi connectivity index (χ2n) is 11.0. The summed E-state index contributed by atoms with van der Waals surface area (Å²) in [5.74, 6) is 0. The Labute approximate surface area is 374 Å². The Morgan fingerprint density at radius 2 is 0.304 bits per heavy atom. The van der Waals surface area contributed by atoms with Crippen LogP contribution in [0.15, 0.2) is 0 Å². The minimum absolute atomic E-state index is 0. The number of hydrogen-bond donors (Lipinski definition) is 0. The maximum absolute atomic E-state index is 5.53. The van der Waals surface area contributed by atoms with Gasteiger partial charge in [-0.2, -0.15) is 0 Å². The Bertz CT molecular complexity index is 544. The normalized spacial score (nSPS) is 12.5. The molecule has 0 aromatic carbocycles. The predicted octanol–water partition coefficient (Wildman–Crippen LogP) is 7.40. The van der Waals surface area contributed by atoms with Crippen molar-refractivity contribution in [3.8, 4) is 0 Å². The third-order valence-electron chi connectivity index (χ3n) is 2.72. The molecule has 8 radical (unpaired) electrons. The van der Waals surface area contributed by atoms with Crippen LogP contribution in [0.25, 0.3) is 0 Å². The van der Waals surface area contributed by atoms with E-state index in [1.807, 2.05) is 111 Å². The molecule has 0 amide bonds. The number of hydrogen-bond acceptors (Lipinski definition) is 8. The molecule has 0 saturated heterocycles. The Balaban J connectivity index is -0.000000114. The van der Waals surface area contributed by atoms with Gasteiger partial charge in [0.2, 0.25) is 0 Å². The molecule has 0 heterocycles. The van der Waals surface area contributed by atoms with Crippen LogP contribution in [0.3, 0.4) is 0 Å². The Hall–Kier alpha value is 6.80. The molecule has 0 aliphatic carbocycles. The second kappa shape index (κ2) is 33.9. The molecule has 46 heavy (non-hydrogen) atoms. The van der Waals surface area contributed by atoms with Crippen molar-refractivity contribution < 1.29 is 75.1 Å². The van der Waals surface area contributed by atoms with E-state index in [-0.39, 0.29) is 87.8 Å². The van der Waals surface area contributed by atoms with E-state index in [9.17, 15) is 0 Å². The smallest absolute Gasteiger partial charge is 0 e. The molecule has 0 N–H and O–H groups in total. The van der Waals surface area contributed by atoms with E-state index in [0.29, 0.717) is 0 Å². The predicted molar refractivity (Wildman–Crippen MR) is 203 cm³/mol. The van der Waals surface area contributed by atoms with E-state index < -0.39 is 20.4 Å². The standard InChI is InChI=1S/4C6H14O2PSe2.2Zn/c4*1-5(2)7-9(10,11)8-6(3)4;;/h4*5-6H,1-4H3;;/q4*+1;;. The van der Waals surface area contributed by atoms with Gasteiger partial charge in [0.05, 0.1) is 0 Å². The van der Waals surface area contributed by atoms with Gasteiger partial charge in [0.25, 0.3) is 0 Å². The van der Waals surface area contributed by atoms with Crippen molar-refractivity contribution in [1.29, 1.82) is 0 Å². The van der Waals surface area contributed by atoms with E-state index in [0.717, 1.165) is 0 Å². The summed E-state index contributed by atoms with van der Waals surface area (Å²) in [4.78, 5) is 0. The minimum atomic E-state index is -1.80. The average Bonchev–Trinajstić information content (AvgIpc) is 2.59. The van der Waals surface area contributed by atoms with Crippen molar-refractivity contribution in [2.24, 2.45) is 0 Å². The summed E-state index contributed by atoms with van der Waals surface area (Å²) in [5.41, 5.74) is 0. The molecule has 8 nitrogen and oxygen atoms in total. The molecule has 0 spiro atoms. The van der Waals surface area contributed by atoms with Crippen LogP contribution in [0.4, 0.5) is 0 Å². The van der Waals surface area contributed by atoms with Crippen LogP contribution >= 0.6 is 20.4 Å². The molecule has 0 aromatic rings. The topological polar surface area (TPSA) is 73.8 Å². The SMILES string of the molecule is CC(C)O[P+]([Se])([Se])OC(C)C.CC(C)O[P+]([Se])([Se])OC(C)C.CC(C)O[P+]([Se])([Se])OC(C)C.CC(C)O[P+]([Se])([Se])OC(C)C.[Zn].[Zn]. The molecule has 0 bridgehead atoms. The summed E-state index contributed by atoms with van der Waals surface area (Å²) in [6.45, 7) is 31.9. The van der Waals surface area contributed by atoms with Gasteiger partial charge in [-0.25, -0.2) is 0 Å². The van der Waals surface area contributed by atoms with Gasteiger partial charge < -0.3 is 0 Å². The Kier molecular flexibility index (Phi) is 47.7. The summed E-state index contributed by atoms with van der Waals surface area (Å²) in [6, 6.07) is 0. The van der Waals surface area contributed by atoms with Crippen LogP contribution in [-0.4, -0.2) is 173 Å². The zero-order valence-electron chi connectivity index (χ0n) is 30.4. The monoisotopic (exact) mass is 1360 g/mol. The Morgan fingerprint density at radius 1 is 0.239 bits per heavy atom. The summed E-state index contributed by atoms with van der Waals surface area (Å²) < 4.78 is 44.2. The van der Waals surface area contributed by atoms with Gasteiger partial charge in [-0.15, -0.1) is 0 Å². The molecule has 0 aliphatic heterocycles. The first-order chi connectivity index (χ1) is 19.3. The fraction of sp³-hybridized carbons (Fsp3) is 1.00. The first kappa shape index (κ1) is 64.7. The largest absolute Gasteiger partial charge is 0 e. The van der Waals surface area contributed by atoms with Crippen molar-refractivity contribution in [3.63, 3.8) is 0 Å². The van der Waals surface area contributed by atoms with Crippen LogP contribution in [0, 0.1) is 0 Å². The fourth-order valence-electron chi connectivity index (χ4n) is 2.16. The van der Waals surface area contributed by atoms with Crippen molar-refractivity contribution in [2.75, 3.05) is 0 Å². The number of rotatable bonds is 16. The minimum Gasteiger partial charge on any atom is 0 e. The first-order valence-corrected chi connectivity index (χ1v) is 38.3. The Morgan fingerprint density at radius 3 is 0.348 bits per heavy atom. The average molecular weight is 1360 g/mol. The molecule has 0 fully saturated rings. The van der Waals surface area contributed by atoms with E-state index >= 15 is 0 Å². The quantitative estimate of drug-likeness (QED) is 0.117. The van der Waals surface area contributed by atoms with Crippen LogP contribution < -0.4 is 0 Å². The van der Waals surface area contributed by atoms with Crippen molar-refractivity contribution >= 4 is 145 Å². The molecule has 22 heteroatoms. The molecule has 0 atom stereocenters. The summed E-state index contributed by atoms with van der Waals surface area (Å²) >= 11 is 23.4. The fourth-order valence-corrected chi connectivity index (χ4v) is 23.8. The van der Waals surface area contributed by atoms with Crippen molar-refractivity contribution in [2.45, 2.75) is 160 Å². The van der Waals surface area contributed by atoms with E-state index in [1.165, 1.54) is 0 Å². The maximum Gasteiger partial charge on any atom is 0 e. The van der Waals surface area contributed by atoms with Gasteiger partial charge in [0, 0.05) is 39.0 Å². The summed E-state index contributed by atoms with van der Waals surface area (Å²) in [5, 5.41) is -7.22. The molecule has 0 unspecified atom stereocenters. The van der Waals surface area contributed by atoms with Crippen molar-refractivity contribution in [3.05, 3.63) is 0 Å². The van der Waals surface area contributed by atoms with Gasteiger partial charge in [-0.05, 0) is 0 Å². The third kappa shape index (κ3) is 57.5. The van der Waals surface area contributed by atoms with Gasteiger partial charge in [-0.1, -0.05) is 0 Å². The van der Waals surface area contributed by atoms with Crippen LogP contribution in [0.2, 0.25) is 0 Å². The first-order valence-electron chi connectivity index (χ1n) is 14.0. The molecular formula is C24H56O8P4Se8Zn2+4. The van der Waals surface area contributed by atoms with Crippen LogP contribution in [0.5, 0.6) is 0 Å². The van der Waals surface area contributed by atoms with Crippen LogP contribution in [0.1, 0.15) is 111 Å². The van der Waals surface area contributed by atoms with Crippen molar-refractivity contribution in [1.82, 2.24) is 0 Å². The zero-order valence-corrected chi connectivity index (χ0v) is 53.6. The van der Waals surface area contributed by atoms with Crippen LogP contribution in [-0.2, 0) is 75.1 Å². The van der Waals surface area contributed by atoms with E-state index in [1.54, 1.807) is 0 Å². The molecule has 0 saturated carbocycles. The molecule has 0 aliphatic rings. The second-order valence-corrected chi connectivity index (χ2v) is 54.6.